The predicted molar refractivity (Wildman–Crippen MR) is 86.0 cm³/mol. The van der Waals surface area contributed by atoms with Crippen LogP contribution in [0.15, 0.2) is 18.2 Å². The van der Waals surface area contributed by atoms with Crippen LogP contribution < -0.4 is 10.2 Å². The van der Waals surface area contributed by atoms with Gasteiger partial charge < -0.3 is 10.2 Å². The molecule has 3 rings (SSSR count). The van der Waals surface area contributed by atoms with Crippen LogP contribution in [0.1, 0.15) is 45.6 Å². The van der Waals surface area contributed by atoms with Gasteiger partial charge in [-0.2, -0.15) is 0 Å². The molecule has 3 unspecified atom stereocenters. The number of anilines is 1. The smallest absolute Gasteiger partial charge is 0.146 e. The lowest BCUT2D eigenvalue weighted by molar-refractivity contribution is 0.294. The summed E-state index contributed by atoms with van der Waals surface area (Å²) >= 11 is 0. The zero-order chi connectivity index (χ0) is 15.0. The van der Waals surface area contributed by atoms with Crippen LogP contribution >= 0.6 is 0 Å². The van der Waals surface area contributed by atoms with Crippen LogP contribution in [0.5, 0.6) is 0 Å². The zero-order valence-corrected chi connectivity index (χ0v) is 13.4. The summed E-state index contributed by atoms with van der Waals surface area (Å²) in [5, 5.41) is 3.52. The van der Waals surface area contributed by atoms with E-state index in [1.807, 2.05) is 6.07 Å². The van der Waals surface area contributed by atoms with Crippen molar-refractivity contribution in [2.45, 2.75) is 58.7 Å². The molecule has 1 N–H and O–H groups in total. The highest BCUT2D eigenvalue weighted by atomic mass is 19.1. The van der Waals surface area contributed by atoms with E-state index < -0.39 is 0 Å². The Balaban J connectivity index is 1.87. The number of benzene rings is 1. The van der Waals surface area contributed by atoms with Crippen LogP contribution in [-0.2, 0) is 6.54 Å². The lowest BCUT2D eigenvalue weighted by Crippen LogP contribution is -2.46. The molecule has 0 radical (unpaired) electrons. The topological polar surface area (TPSA) is 15.3 Å². The van der Waals surface area contributed by atoms with Crippen LogP contribution in [0.3, 0.4) is 0 Å². The average molecular weight is 290 g/mol. The Morgan fingerprint density at radius 2 is 2.00 bits per heavy atom. The number of hydrogen-bond acceptors (Lipinski definition) is 2. The van der Waals surface area contributed by atoms with Crippen molar-refractivity contribution in [3.63, 3.8) is 0 Å². The number of para-hydroxylation sites is 1. The zero-order valence-electron chi connectivity index (χ0n) is 13.4. The normalized spacial score (nSPS) is 29.7. The summed E-state index contributed by atoms with van der Waals surface area (Å²) in [6, 6.07) is 6.57. The molecule has 2 aliphatic rings. The first-order chi connectivity index (χ1) is 10.1. The molecule has 0 bridgehead atoms. The highest BCUT2D eigenvalue weighted by Crippen LogP contribution is 2.35. The van der Waals surface area contributed by atoms with E-state index in [4.69, 9.17) is 0 Å². The maximum atomic E-state index is 14.5. The molecule has 2 fully saturated rings. The summed E-state index contributed by atoms with van der Waals surface area (Å²) in [4.78, 5) is 2.30. The van der Waals surface area contributed by atoms with Crippen molar-refractivity contribution in [1.82, 2.24) is 5.32 Å². The Morgan fingerprint density at radius 3 is 2.71 bits per heavy atom. The number of rotatable bonds is 4. The Labute approximate surface area is 127 Å². The van der Waals surface area contributed by atoms with Crippen molar-refractivity contribution >= 4 is 5.69 Å². The van der Waals surface area contributed by atoms with Gasteiger partial charge in [0.25, 0.3) is 0 Å². The van der Waals surface area contributed by atoms with Gasteiger partial charge >= 0.3 is 0 Å². The molecule has 116 valence electrons. The van der Waals surface area contributed by atoms with Gasteiger partial charge in [0.1, 0.15) is 5.82 Å². The van der Waals surface area contributed by atoms with Crippen molar-refractivity contribution in [3.8, 4) is 0 Å². The second-order valence-electron chi connectivity index (χ2n) is 7.11. The van der Waals surface area contributed by atoms with Crippen molar-refractivity contribution < 1.29 is 4.39 Å². The molecule has 0 aromatic heterocycles. The van der Waals surface area contributed by atoms with Gasteiger partial charge in [-0.1, -0.05) is 26.0 Å². The number of nitrogens with one attached hydrogen (secondary N) is 1. The summed E-state index contributed by atoms with van der Waals surface area (Å²) in [6.45, 7) is 8.54. The lowest BCUT2D eigenvalue weighted by atomic mass is 9.85. The summed E-state index contributed by atoms with van der Waals surface area (Å²) in [5.74, 6) is 1.16. The van der Waals surface area contributed by atoms with E-state index in [9.17, 15) is 4.39 Å². The molecule has 1 aromatic carbocycles. The van der Waals surface area contributed by atoms with Crippen LogP contribution in [0, 0.1) is 17.7 Å². The van der Waals surface area contributed by atoms with E-state index in [-0.39, 0.29) is 5.82 Å². The summed E-state index contributed by atoms with van der Waals surface area (Å²) in [6.07, 6.45) is 3.76. The fraction of sp³-hybridized carbons (Fsp3) is 0.667. The van der Waals surface area contributed by atoms with Crippen molar-refractivity contribution in [1.29, 1.82) is 0 Å². The predicted octanol–water partition coefficient (Wildman–Crippen LogP) is 3.95. The Bertz CT molecular complexity index is 498. The average Bonchev–Trinajstić information content (AvgIpc) is 3.25. The van der Waals surface area contributed by atoms with E-state index in [1.54, 1.807) is 6.07 Å². The van der Waals surface area contributed by atoms with E-state index in [1.165, 1.54) is 19.3 Å². The van der Waals surface area contributed by atoms with Crippen LogP contribution in [0.4, 0.5) is 10.1 Å². The minimum atomic E-state index is -0.0711. The van der Waals surface area contributed by atoms with Gasteiger partial charge in [-0.05, 0) is 49.7 Å². The maximum absolute atomic E-state index is 14.5. The largest absolute Gasteiger partial charge is 0.366 e. The van der Waals surface area contributed by atoms with Gasteiger partial charge in [-0.3, -0.25) is 0 Å². The molecule has 0 spiro atoms. The SMILES string of the molecule is CC1CC(C)C(C)N(c2c(F)cccc2CNC2CC2)C1. The second-order valence-corrected chi connectivity index (χ2v) is 7.11. The lowest BCUT2D eigenvalue weighted by Gasteiger charge is -2.43. The third-order valence-corrected chi connectivity index (χ3v) is 5.11. The molecule has 0 amide bonds. The summed E-state index contributed by atoms with van der Waals surface area (Å²) < 4.78 is 14.5. The van der Waals surface area contributed by atoms with Gasteiger partial charge in [-0.25, -0.2) is 4.39 Å². The fourth-order valence-electron chi connectivity index (χ4n) is 3.58. The minimum Gasteiger partial charge on any atom is -0.366 e. The number of hydrogen-bond donors (Lipinski definition) is 1. The molecule has 2 nitrogen and oxygen atoms in total. The molecule has 3 atom stereocenters. The Kier molecular flexibility index (Phi) is 4.21. The van der Waals surface area contributed by atoms with E-state index >= 15 is 0 Å². The number of nitrogens with zero attached hydrogens (tertiary/aromatic N) is 1. The van der Waals surface area contributed by atoms with Gasteiger partial charge in [0.05, 0.1) is 5.69 Å². The van der Waals surface area contributed by atoms with Crippen LogP contribution in [0.2, 0.25) is 0 Å². The van der Waals surface area contributed by atoms with Crippen LogP contribution in [-0.4, -0.2) is 18.6 Å². The molecule has 1 aliphatic heterocycles. The third kappa shape index (κ3) is 3.23. The molecule has 1 saturated heterocycles. The van der Waals surface area contributed by atoms with Crippen LogP contribution in [0.25, 0.3) is 0 Å². The summed E-state index contributed by atoms with van der Waals surface area (Å²) in [7, 11) is 0. The van der Waals surface area contributed by atoms with Gasteiger partial charge in [0.15, 0.2) is 0 Å². The first kappa shape index (κ1) is 14.8. The Morgan fingerprint density at radius 1 is 1.24 bits per heavy atom. The monoisotopic (exact) mass is 290 g/mol. The standard InChI is InChI=1S/C18H27FN2/c1-12-9-13(2)14(3)21(11-12)18-15(5-4-6-17(18)19)10-20-16-7-8-16/h4-6,12-14,16,20H,7-11H2,1-3H3. The van der Waals surface area contributed by atoms with Gasteiger partial charge in [0, 0.05) is 25.2 Å². The minimum absolute atomic E-state index is 0.0711. The Hall–Kier alpha value is -1.09. The number of halogens is 1. The van der Waals surface area contributed by atoms with Gasteiger partial charge in [0.2, 0.25) is 0 Å². The molecular formula is C18H27FN2. The maximum Gasteiger partial charge on any atom is 0.146 e. The first-order valence-corrected chi connectivity index (χ1v) is 8.33. The first-order valence-electron chi connectivity index (χ1n) is 8.33. The quantitative estimate of drug-likeness (QED) is 0.903. The molecule has 1 saturated carbocycles. The highest BCUT2D eigenvalue weighted by Gasteiger charge is 2.31. The molecular weight excluding hydrogens is 263 g/mol. The van der Waals surface area contributed by atoms with E-state index in [2.05, 4.69) is 37.1 Å². The van der Waals surface area contributed by atoms with E-state index in [0.717, 1.165) is 24.3 Å². The second kappa shape index (κ2) is 5.96. The van der Waals surface area contributed by atoms with Crippen molar-refractivity contribution in [2.75, 3.05) is 11.4 Å². The van der Waals surface area contributed by atoms with Crippen molar-refractivity contribution in [2.24, 2.45) is 11.8 Å². The van der Waals surface area contributed by atoms with Gasteiger partial charge in [-0.15, -0.1) is 0 Å². The molecule has 1 heterocycles. The third-order valence-electron chi connectivity index (χ3n) is 5.11. The molecule has 21 heavy (non-hydrogen) atoms. The highest BCUT2D eigenvalue weighted by molar-refractivity contribution is 5.56. The summed E-state index contributed by atoms with van der Waals surface area (Å²) in [5.41, 5.74) is 1.94. The molecule has 1 aliphatic carbocycles. The van der Waals surface area contributed by atoms with E-state index in [0.29, 0.717) is 23.9 Å². The van der Waals surface area contributed by atoms with Crippen molar-refractivity contribution in [3.05, 3.63) is 29.6 Å². The molecule has 3 heteroatoms. The molecule has 1 aromatic rings. The number of piperidine rings is 1. The fourth-order valence-corrected chi connectivity index (χ4v) is 3.58.